The highest BCUT2D eigenvalue weighted by molar-refractivity contribution is 9.10. The molecule has 0 unspecified atom stereocenters. The van der Waals surface area contributed by atoms with Crippen molar-refractivity contribution in [3.63, 3.8) is 0 Å². The summed E-state index contributed by atoms with van der Waals surface area (Å²) in [5.41, 5.74) is 0.792. The second-order valence-corrected chi connectivity index (χ2v) is 12.1. The smallest absolute Gasteiger partial charge is 0.246 e. The number of anilines is 3. The summed E-state index contributed by atoms with van der Waals surface area (Å²) in [4.78, 5) is 46.4. The lowest BCUT2D eigenvalue weighted by atomic mass is 9.84. The standard InChI is InChI=1S/C32H47BrN6O7/c1-23(2)28(40)21-44-18-16-43-17-19-45-22-29(41)34-13-15-46-26-10-8-25(9-11-26)37-32-36-20-27(33)30(38-32)35-12-5-14-39(3)31(42)24-6-4-7-24/h8-11,20,23-24H,4-7,12-19,21-22H2,1-3H3,(H,34,41)(H2,35,36,37,38). The van der Waals surface area contributed by atoms with E-state index in [4.69, 9.17) is 18.9 Å². The van der Waals surface area contributed by atoms with E-state index in [1.807, 2.05) is 50.1 Å². The SMILES string of the molecule is CC(C)C(=O)COCCOCCOCC(=O)NCCOc1ccc(Nc2ncc(Br)c(NCCCN(C)C(=O)C3CCC3)n2)cc1. The van der Waals surface area contributed by atoms with Crippen LogP contribution in [0.25, 0.3) is 0 Å². The summed E-state index contributed by atoms with van der Waals surface area (Å²) in [6.07, 6.45) is 5.68. The molecule has 1 fully saturated rings. The molecule has 14 heteroatoms. The Balaban J connectivity index is 1.24. The van der Waals surface area contributed by atoms with Gasteiger partial charge < -0.3 is 39.8 Å². The first-order valence-electron chi connectivity index (χ1n) is 15.8. The summed E-state index contributed by atoms with van der Waals surface area (Å²) in [7, 11) is 1.87. The third kappa shape index (κ3) is 14.0. The summed E-state index contributed by atoms with van der Waals surface area (Å²) in [6, 6.07) is 7.35. The summed E-state index contributed by atoms with van der Waals surface area (Å²) >= 11 is 3.49. The first-order valence-corrected chi connectivity index (χ1v) is 16.6. The average molecular weight is 708 g/mol. The van der Waals surface area contributed by atoms with E-state index in [0.717, 1.165) is 35.8 Å². The van der Waals surface area contributed by atoms with Crippen molar-refractivity contribution >= 4 is 51.0 Å². The molecular weight excluding hydrogens is 660 g/mol. The number of nitrogens with one attached hydrogen (secondary N) is 3. The lowest BCUT2D eigenvalue weighted by Gasteiger charge is -2.29. The van der Waals surface area contributed by atoms with Crippen LogP contribution in [-0.2, 0) is 28.6 Å². The Labute approximate surface area is 279 Å². The van der Waals surface area contributed by atoms with Crippen LogP contribution in [-0.4, -0.2) is 105 Å². The van der Waals surface area contributed by atoms with Gasteiger partial charge in [0.05, 0.1) is 37.4 Å². The number of ketones is 1. The van der Waals surface area contributed by atoms with Crippen molar-refractivity contribution in [1.29, 1.82) is 0 Å². The Kier molecular flexibility index (Phi) is 16.7. The van der Waals surface area contributed by atoms with Gasteiger partial charge in [0.25, 0.3) is 0 Å². The monoisotopic (exact) mass is 706 g/mol. The van der Waals surface area contributed by atoms with Crippen LogP contribution in [0.4, 0.5) is 17.5 Å². The molecule has 3 N–H and O–H groups in total. The molecule has 0 bridgehead atoms. The molecule has 1 aromatic carbocycles. The van der Waals surface area contributed by atoms with Gasteiger partial charge in [-0.1, -0.05) is 20.3 Å². The molecule has 0 saturated heterocycles. The van der Waals surface area contributed by atoms with Crippen LogP contribution in [0.15, 0.2) is 34.9 Å². The highest BCUT2D eigenvalue weighted by Crippen LogP contribution is 2.28. The van der Waals surface area contributed by atoms with Gasteiger partial charge >= 0.3 is 0 Å². The zero-order valence-electron chi connectivity index (χ0n) is 27.0. The number of aromatic nitrogens is 2. The largest absolute Gasteiger partial charge is 0.492 e. The number of rotatable bonds is 23. The quantitative estimate of drug-likeness (QED) is 0.145. The highest BCUT2D eigenvalue weighted by Gasteiger charge is 2.27. The first-order chi connectivity index (χ1) is 22.2. The predicted molar refractivity (Wildman–Crippen MR) is 178 cm³/mol. The minimum Gasteiger partial charge on any atom is -0.492 e. The lowest BCUT2D eigenvalue weighted by molar-refractivity contribution is -0.136. The fourth-order valence-corrected chi connectivity index (χ4v) is 4.50. The molecule has 1 aliphatic rings. The van der Waals surface area contributed by atoms with E-state index < -0.39 is 0 Å². The molecule has 0 radical (unpaired) electrons. The van der Waals surface area contributed by atoms with E-state index in [9.17, 15) is 14.4 Å². The number of carbonyl (C=O) groups is 3. The molecule has 46 heavy (non-hydrogen) atoms. The average Bonchev–Trinajstić information content (AvgIpc) is 3.01. The molecule has 13 nitrogen and oxygen atoms in total. The number of nitrogens with zero attached hydrogens (tertiary/aromatic N) is 3. The predicted octanol–water partition coefficient (Wildman–Crippen LogP) is 3.81. The number of carbonyl (C=O) groups excluding carboxylic acids is 3. The normalized spacial score (nSPS) is 12.8. The Hall–Kier alpha value is -3.33. The van der Waals surface area contributed by atoms with Crippen LogP contribution < -0.4 is 20.7 Å². The van der Waals surface area contributed by atoms with Gasteiger partial charge in [-0.3, -0.25) is 14.4 Å². The number of amides is 2. The third-order valence-electron chi connectivity index (χ3n) is 7.21. The Morgan fingerprint density at radius 1 is 0.978 bits per heavy atom. The van der Waals surface area contributed by atoms with Crippen LogP contribution in [0, 0.1) is 11.8 Å². The summed E-state index contributed by atoms with van der Waals surface area (Å²) < 4.78 is 22.4. The van der Waals surface area contributed by atoms with Crippen molar-refractivity contribution in [3.05, 3.63) is 34.9 Å². The molecule has 0 atom stereocenters. The lowest BCUT2D eigenvalue weighted by Crippen LogP contribution is -2.37. The van der Waals surface area contributed by atoms with Crippen LogP contribution in [0.2, 0.25) is 0 Å². The van der Waals surface area contributed by atoms with Crippen LogP contribution in [0.1, 0.15) is 39.5 Å². The van der Waals surface area contributed by atoms with Crippen LogP contribution in [0.5, 0.6) is 5.75 Å². The molecule has 2 amide bonds. The molecule has 1 aliphatic carbocycles. The number of hydrogen-bond acceptors (Lipinski definition) is 11. The molecule has 2 aromatic rings. The molecule has 1 aromatic heterocycles. The second-order valence-electron chi connectivity index (χ2n) is 11.2. The van der Waals surface area contributed by atoms with Crippen molar-refractivity contribution in [2.75, 3.05) is 83.6 Å². The molecule has 1 heterocycles. The molecule has 254 valence electrons. The minimum absolute atomic E-state index is 0.0376. The van der Waals surface area contributed by atoms with Gasteiger partial charge in [-0.2, -0.15) is 4.98 Å². The van der Waals surface area contributed by atoms with E-state index in [-0.39, 0.29) is 49.3 Å². The molecular formula is C32H47BrN6O7. The van der Waals surface area contributed by atoms with Crippen LogP contribution in [0.3, 0.4) is 0 Å². The van der Waals surface area contributed by atoms with E-state index in [2.05, 4.69) is 41.8 Å². The van der Waals surface area contributed by atoms with Gasteiger partial charge in [0.1, 0.15) is 31.4 Å². The molecule has 1 saturated carbocycles. The van der Waals surface area contributed by atoms with Crippen molar-refractivity contribution in [3.8, 4) is 5.75 Å². The zero-order chi connectivity index (χ0) is 33.1. The maximum absolute atomic E-state index is 12.3. The summed E-state index contributed by atoms with van der Waals surface area (Å²) in [5, 5.41) is 9.25. The summed E-state index contributed by atoms with van der Waals surface area (Å²) in [5.74, 6) is 2.02. The number of ether oxygens (including phenoxy) is 4. The maximum Gasteiger partial charge on any atom is 0.246 e. The fourth-order valence-electron chi connectivity index (χ4n) is 4.17. The molecule has 0 spiro atoms. The van der Waals surface area contributed by atoms with Gasteiger partial charge in [-0.05, 0) is 59.5 Å². The first kappa shape index (κ1) is 37.1. The highest BCUT2D eigenvalue weighted by atomic mass is 79.9. The maximum atomic E-state index is 12.3. The van der Waals surface area contributed by atoms with Crippen molar-refractivity contribution in [1.82, 2.24) is 20.2 Å². The van der Waals surface area contributed by atoms with Gasteiger partial charge in [-0.15, -0.1) is 0 Å². The number of benzene rings is 1. The van der Waals surface area contributed by atoms with Gasteiger partial charge in [0, 0.05) is 43.9 Å². The van der Waals surface area contributed by atoms with Crippen molar-refractivity contribution in [2.24, 2.45) is 11.8 Å². The Bertz CT molecular complexity index is 1230. The van der Waals surface area contributed by atoms with E-state index in [1.165, 1.54) is 0 Å². The molecule has 0 aliphatic heterocycles. The van der Waals surface area contributed by atoms with Crippen LogP contribution >= 0.6 is 15.9 Å². The fraction of sp³-hybridized carbons (Fsp3) is 0.594. The van der Waals surface area contributed by atoms with E-state index >= 15 is 0 Å². The van der Waals surface area contributed by atoms with Gasteiger partial charge in [0.15, 0.2) is 5.78 Å². The minimum atomic E-state index is -0.242. The second kappa shape index (κ2) is 20.7. The Morgan fingerprint density at radius 2 is 1.67 bits per heavy atom. The number of Topliss-reactive ketones (excluding diaryl/α,β-unsaturated/α-hetero) is 1. The van der Waals surface area contributed by atoms with Gasteiger partial charge in [-0.25, -0.2) is 4.98 Å². The summed E-state index contributed by atoms with van der Waals surface area (Å²) in [6.45, 7) is 7.00. The number of halogens is 1. The zero-order valence-corrected chi connectivity index (χ0v) is 28.6. The van der Waals surface area contributed by atoms with E-state index in [0.29, 0.717) is 63.6 Å². The number of hydrogen-bond donors (Lipinski definition) is 3. The third-order valence-corrected chi connectivity index (χ3v) is 7.79. The molecule has 3 rings (SSSR count). The van der Waals surface area contributed by atoms with Crippen molar-refractivity contribution in [2.45, 2.75) is 39.5 Å². The Morgan fingerprint density at radius 3 is 2.35 bits per heavy atom. The van der Waals surface area contributed by atoms with Gasteiger partial charge in [0.2, 0.25) is 17.8 Å². The van der Waals surface area contributed by atoms with E-state index in [1.54, 1.807) is 6.20 Å². The topological polar surface area (TPSA) is 153 Å². The van der Waals surface area contributed by atoms with Crippen molar-refractivity contribution < 1.29 is 33.3 Å².